The summed E-state index contributed by atoms with van der Waals surface area (Å²) in [5.74, 6) is 0. The molecule has 1 heterocycles. The van der Waals surface area contributed by atoms with Crippen LogP contribution in [0.5, 0.6) is 0 Å². The van der Waals surface area contributed by atoms with Crippen molar-refractivity contribution in [2.75, 3.05) is 6.54 Å². The highest BCUT2D eigenvalue weighted by Crippen LogP contribution is 2.22. The predicted octanol–water partition coefficient (Wildman–Crippen LogP) is 3.21. The van der Waals surface area contributed by atoms with Crippen LogP contribution in [0.4, 0.5) is 0 Å². The van der Waals surface area contributed by atoms with E-state index < -0.39 is 5.60 Å². The number of aromatic nitrogens is 1. The number of hydrogen-bond acceptors (Lipinski definition) is 3. The average molecular weight is 264 g/mol. The van der Waals surface area contributed by atoms with Crippen LogP contribution in [-0.2, 0) is 0 Å². The molecule has 0 fully saturated rings. The van der Waals surface area contributed by atoms with Crippen LogP contribution < -0.4 is 5.32 Å². The molecule has 0 aromatic carbocycles. The second kappa shape index (κ2) is 6.49. The van der Waals surface area contributed by atoms with Gasteiger partial charge in [0.2, 0.25) is 0 Å². The molecule has 0 spiro atoms. The molecule has 0 radical (unpaired) electrons. The third-order valence-electron chi connectivity index (χ3n) is 3.59. The van der Waals surface area contributed by atoms with Crippen LogP contribution >= 0.6 is 0 Å². The maximum atomic E-state index is 10.2. The molecule has 1 aromatic rings. The lowest BCUT2D eigenvalue weighted by Gasteiger charge is -2.27. The van der Waals surface area contributed by atoms with Crippen molar-refractivity contribution in [2.24, 2.45) is 0 Å². The number of hydrogen-bond donors (Lipinski definition) is 2. The van der Waals surface area contributed by atoms with E-state index in [0.29, 0.717) is 6.54 Å². The highest BCUT2D eigenvalue weighted by molar-refractivity contribution is 5.33. The lowest BCUT2D eigenvalue weighted by Crippen LogP contribution is -2.39. The van der Waals surface area contributed by atoms with Crippen molar-refractivity contribution >= 4 is 0 Å². The minimum absolute atomic E-state index is 0.205. The summed E-state index contributed by atoms with van der Waals surface area (Å²) < 4.78 is 0. The second-order valence-electron chi connectivity index (χ2n) is 5.93. The van der Waals surface area contributed by atoms with Gasteiger partial charge in [-0.15, -0.1) is 0 Å². The molecule has 2 N–H and O–H groups in total. The third kappa shape index (κ3) is 4.59. The molecule has 19 heavy (non-hydrogen) atoms. The van der Waals surface area contributed by atoms with Gasteiger partial charge in [-0.1, -0.05) is 13.3 Å². The molecule has 1 aromatic heterocycles. The molecular formula is C16H28N2O. The van der Waals surface area contributed by atoms with E-state index in [-0.39, 0.29) is 6.04 Å². The first kappa shape index (κ1) is 16.1. The average Bonchev–Trinajstić information content (AvgIpc) is 2.25. The summed E-state index contributed by atoms with van der Waals surface area (Å²) in [5.41, 5.74) is 4.01. The Hall–Kier alpha value is -0.930. The van der Waals surface area contributed by atoms with E-state index >= 15 is 0 Å². The van der Waals surface area contributed by atoms with Gasteiger partial charge < -0.3 is 10.4 Å². The first-order valence-corrected chi connectivity index (χ1v) is 7.17. The van der Waals surface area contributed by atoms with Crippen LogP contribution in [0.1, 0.15) is 62.2 Å². The van der Waals surface area contributed by atoms with Crippen LogP contribution in [0, 0.1) is 20.8 Å². The van der Waals surface area contributed by atoms with E-state index in [0.717, 1.165) is 24.2 Å². The van der Waals surface area contributed by atoms with Crippen molar-refractivity contribution in [3.8, 4) is 0 Å². The number of nitrogens with zero attached hydrogens (tertiary/aromatic N) is 1. The highest BCUT2D eigenvalue weighted by Gasteiger charge is 2.21. The Morgan fingerprint density at radius 3 is 2.53 bits per heavy atom. The van der Waals surface area contributed by atoms with Crippen molar-refractivity contribution in [3.63, 3.8) is 0 Å². The summed E-state index contributed by atoms with van der Waals surface area (Å²) in [6, 6.07) is 2.32. The Morgan fingerprint density at radius 1 is 1.37 bits per heavy atom. The highest BCUT2D eigenvalue weighted by atomic mass is 16.3. The maximum absolute atomic E-state index is 10.2. The molecule has 1 rings (SSSR count). The topological polar surface area (TPSA) is 45.1 Å². The molecule has 0 saturated carbocycles. The standard InChI is InChI=1S/C16H28N2O/c1-7-8-16(6,19)10-17-13(4)15-11(2)9-12(3)18-14(15)5/h9,13,17,19H,7-8,10H2,1-6H3. The van der Waals surface area contributed by atoms with E-state index in [9.17, 15) is 5.11 Å². The van der Waals surface area contributed by atoms with Gasteiger partial charge in [0, 0.05) is 24.0 Å². The number of pyridine rings is 1. The fraction of sp³-hybridized carbons (Fsp3) is 0.688. The van der Waals surface area contributed by atoms with E-state index in [2.05, 4.69) is 44.1 Å². The number of rotatable bonds is 6. The molecule has 0 amide bonds. The Kier molecular flexibility index (Phi) is 5.50. The maximum Gasteiger partial charge on any atom is 0.0743 e. The zero-order valence-electron chi connectivity index (χ0n) is 13.2. The van der Waals surface area contributed by atoms with Gasteiger partial charge in [0.05, 0.1) is 5.60 Å². The largest absolute Gasteiger partial charge is 0.389 e. The molecule has 0 aliphatic rings. The van der Waals surface area contributed by atoms with E-state index in [4.69, 9.17) is 0 Å². The zero-order valence-corrected chi connectivity index (χ0v) is 13.2. The van der Waals surface area contributed by atoms with Crippen molar-refractivity contribution in [3.05, 3.63) is 28.6 Å². The van der Waals surface area contributed by atoms with Crippen molar-refractivity contribution < 1.29 is 5.11 Å². The molecule has 108 valence electrons. The molecule has 3 heteroatoms. The Bertz CT molecular complexity index is 404. The van der Waals surface area contributed by atoms with Crippen molar-refractivity contribution in [1.82, 2.24) is 10.3 Å². The number of nitrogens with one attached hydrogen (secondary N) is 1. The summed E-state index contributed by atoms with van der Waals surface area (Å²) in [4.78, 5) is 4.53. The van der Waals surface area contributed by atoms with Gasteiger partial charge >= 0.3 is 0 Å². The Morgan fingerprint density at radius 2 is 2.00 bits per heavy atom. The molecule has 2 unspecified atom stereocenters. The summed E-state index contributed by atoms with van der Waals surface area (Å²) in [5, 5.41) is 13.6. The number of aryl methyl sites for hydroxylation is 3. The fourth-order valence-electron chi connectivity index (χ4n) is 2.79. The quantitative estimate of drug-likeness (QED) is 0.829. The Balaban J connectivity index is 2.76. The van der Waals surface area contributed by atoms with Gasteiger partial charge in [-0.05, 0) is 58.2 Å². The first-order valence-electron chi connectivity index (χ1n) is 7.17. The van der Waals surface area contributed by atoms with Crippen molar-refractivity contribution in [1.29, 1.82) is 0 Å². The van der Waals surface area contributed by atoms with Gasteiger partial charge in [-0.2, -0.15) is 0 Å². The normalized spacial score (nSPS) is 16.2. The molecule has 0 aliphatic carbocycles. The lowest BCUT2D eigenvalue weighted by atomic mass is 9.97. The molecule has 3 nitrogen and oxygen atoms in total. The SMILES string of the molecule is CCCC(C)(O)CNC(C)c1c(C)cc(C)nc1C. The summed E-state index contributed by atoms with van der Waals surface area (Å²) in [6.07, 6.45) is 1.81. The molecular weight excluding hydrogens is 236 g/mol. The molecule has 0 bridgehead atoms. The van der Waals surface area contributed by atoms with Gasteiger partial charge in [0.25, 0.3) is 0 Å². The van der Waals surface area contributed by atoms with Crippen LogP contribution in [0.2, 0.25) is 0 Å². The van der Waals surface area contributed by atoms with E-state index in [1.165, 1.54) is 11.1 Å². The van der Waals surface area contributed by atoms with Crippen molar-refractivity contribution in [2.45, 2.75) is 66.0 Å². The summed E-state index contributed by atoms with van der Waals surface area (Å²) in [6.45, 7) is 12.9. The summed E-state index contributed by atoms with van der Waals surface area (Å²) in [7, 11) is 0. The van der Waals surface area contributed by atoms with Crippen LogP contribution in [0.25, 0.3) is 0 Å². The monoisotopic (exact) mass is 264 g/mol. The van der Waals surface area contributed by atoms with Crippen LogP contribution in [0.3, 0.4) is 0 Å². The fourth-order valence-corrected chi connectivity index (χ4v) is 2.79. The minimum Gasteiger partial charge on any atom is -0.389 e. The first-order chi connectivity index (χ1) is 8.76. The van der Waals surface area contributed by atoms with E-state index in [1.54, 1.807) is 0 Å². The van der Waals surface area contributed by atoms with Crippen LogP contribution in [-0.4, -0.2) is 22.2 Å². The predicted molar refractivity (Wildman–Crippen MR) is 80.4 cm³/mol. The van der Waals surface area contributed by atoms with Crippen LogP contribution in [0.15, 0.2) is 6.07 Å². The summed E-state index contributed by atoms with van der Waals surface area (Å²) >= 11 is 0. The lowest BCUT2D eigenvalue weighted by molar-refractivity contribution is 0.0476. The molecule has 0 aliphatic heterocycles. The Labute approximate surface area is 117 Å². The number of aliphatic hydroxyl groups is 1. The molecule has 0 saturated heterocycles. The second-order valence-corrected chi connectivity index (χ2v) is 5.93. The molecule has 2 atom stereocenters. The van der Waals surface area contributed by atoms with Gasteiger partial charge in [-0.3, -0.25) is 4.98 Å². The van der Waals surface area contributed by atoms with Gasteiger partial charge in [0.1, 0.15) is 0 Å². The van der Waals surface area contributed by atoms with Gasteiger partial charge in [0.15, 0.2) is 0 Å². The minimum atomic E-state index is -0.636. The smallest absolute Gasteiger partial charge is 0.0743 e. The third-order valence-corrected chi connectivity index (χ3v) is 3.59. The van der Waals surface area contributed by atoms with Gasteiger partial charge in [-0.25, -0.2) is 0 Å². The zero-order chi connectivity index (χ0) is 14.6. The van der Waals surface area contributed by atoms with E-state index in [1.807, 2.05) is 13.8 Å².